The molecular formula is C18H13F9N. The van der Waals surface area contributed by atoms with Crippen LogP contribution in [0.25, 0.3) is 11.1 Å². The van der Waals surface area contributed by atoms with Crippen LogP contribution in [-0.4, -0.2) is 23.3 Å². The lowest BCUT2D eigenvalue weighted by molar-refractivity contribution is -0.389. The number of hydrogen-bond acceptors (Lipinski definition) is 1. The maximum atomic E-state index is 15.1. The molecule has 1 radical (unpaired) electrons. The van der Waals surface area contributed by atoms with Gasteiger partial charge >= 0.3 is 23.9 Å². The quantitative estimate of drug-likeness (QED) is 0.532. The lowest BCUT2D eigenvalue weighted by atomic mass is 9.80. The van der Waals surface area contributed by atoms with E-state index >= 15 is 4.39 Å². The van der Waals surface area contributed by atoms with Gasteiger partial charge in [0.2, 0.25) is 0 Å². The number of halogens is 9. The minimum Gasteiger partial charge on any atom is -0.264 e. The second-order valence-electron chi connectivity index (χ2n) is 6.04. The summed E-state index contributed by atoms with van der Waals surface area (Å²) in [6.07, 6.45) is -11.3. The first-order valence-electron chi connectivity index (χ1n) is 7.85. The van der Waals surface area contributed by atoms with Crippen LogP contribution in [-0.2, 0) is 12.1 Å². The Labute approximate surface area is 154 Å². The molecule has 153 valence electrons. The average Bonchev–Trinajstić information content (AvgIpc) is 2.58. The highest BCUT2D eigenvalue weighted by Gasteiger charge is 2.82. The molecule has 10 heteroatoms. The van der Waals surface area contributed by atoms with Gasteiger partial charge in [0.05, 0.1) is 0 Å². The molecule has 1 unspecified atom stereocenters. The van der Waals surface area contributed by atoms with E-state index in [1.54, 1.807) is 0 Å². The van der Waals surface area contributed by atoms with Crippen LogP contribution >= 0.6 is 0 Å². The first-order chi connectivity index (χ1) is 12.7. The zero-order valence-corrected chi connectivity index (χ0v) is 14.4. The highest BCUT2D eigenvalue weighted by atomic mass is 19.4. The summed E-state index contributed by atoms with van der Waals surface area (Å²) in [6.45, 7) is 2.54. The molecule has 0 aliphatic rings. The van der Waals surface area contributed by atoms with Gasteiger partial charge in [-0.3, -0.25) is 4.98 Å². The molecule has 1 aromatic carbocycles. The standard InChI is InChI=1S/C18H13F9N/c1-3-11-7-10(2)8-13(14(11)12-5-4-6-28-9-12)15(19,17(22,23)24)16(20,21)18(25,26)27/h4-6,8-9H,3H2,1-2H3. The Balaban J connectivity index is 3.03. The van der Waals surface area contributed by atoms with Crippen LogP contribution in [0, 0.1) is 13.0 Å². The van der Waals surface area contributed by atoms with E-state index in [0.717, 1.165) is 19.2 Å². The minimum atomic E-state index is -6.79. The Morgan fingerprint density at radius 3 is 2.00 bits per heavy atom. The summed E-state index contributed by atoms with van der Waals surface area (Å²) in [5.74, 6) is -6.74. The van der Waals surface area contributed by atoms with Crippen molar-refractivity contribution < 1.29 is 39.5 Å². The van der Waals surface area contributed by atoms with Gasteiger partial charge in [0.25, 0.3) is 0 Å². The van der Waals surface area contributed by atoms with Crippen molar-refractivity contribution in [2.45, 2.75) is 44.2 Å². The fourth-order valence-electron chi connectivity index (χ4n) is 2.86. The van der Waals surface area contributed by atoms with Crippen LogP contribution in [0.4, 0.5) is 39.5 Å². The maximum absolute atomic E-state index is 15.1. The molecule has 0 saturated heterocycles. The van der Waals surface area contributed by atoms with E-state index in [1.165, 1.54) is 19.2 Å². The largest absolute Gasteiger partial charge is 0.457 e. The number of aryl methyl sites for hydroxylation is 2. The van der Waals surface area contributed by atoms with Crippen LogP contribution < -0.4 is 0 Å². The number of hydrogen-bond donors (Lipinski definition) is 0. The van der Waals surface area contributed by atoms with Crippen molar-refractivity contribution in [3.05, 3.63) is 53.3 Å². The lowest BCUT2D eigenvalue weighted by Gasteiger charge is -2.37. The second-order valence-corrected chi connectivity index (χ2v) is 6.04. The predicted molar refractivity (Wildman–Crippen MR) is 82.5 cm³/mol. The van der Waals surface area contributed by atoms with Crippen molar-refractivity contribution >= 4 is 0 Å². The summed E-state index contributed by atoms with van der Waals surface area (Å²) < 4.78 is 122. The van der Waals surface area contributed by atoms with Crippen LogP contribution in [0.2, 0.25) is 0 Å². The Morgan fingerprint density at radius 1 is 0.964 bits per heavy atom. The zero-order valence-electron chi connectivity index (χ0n) is 14.4. The van der Waals surface area contributed by atoms with Crippen LogP contribution in [0.15, 0.2) is 30.6 Å². The minimum absolute atomic E-state index is 0.0928. The van der Waals surface area contributed by atoms with E-state index in [1.807, 2.05) is 0 Å². The van der Waals surface area contributed by atoms with Gasteiger partial charge in [0, 0.05) is 23.5 Å². The fourth-order valence-corrected chi connectivity index (χ4v) is 2.86. The fraction of sp³-hybridized carbons (Fsp3) is 0.389. The van der Waals surface area contributed by atoms with Crippen molar-refractivity contribution in [2.24, 2.45) is 0 Å². The highest BCUT2D eigenvalue weighted by Crippen LogP contribution is 2.60. The molecule has 2 aromatic rings. The first kappa shape index (κ1) is 22.0. The Kier molecular flexibility index (Phi) is 5.48. The zero-order chi connectivity index (χ0) is 21.5. The monoisotopic (exact) mass is 414 g/mol. The van der Waals surface area contributed by atoms with Crippen molar-refractivity contribution in [1.29, 1.82) is 0 Å². The molecule has 0 bridgehead atoms. The molecule has 0 spiro atoms. The van der Waals surface area contributed by atoms with Crippen LogP contribution in [0.1, 0.15) is 23.6 Å². The van der Waals surface area contributed by atoms with Crippen molar-refractivity contribution in [2.75, 3.05) is 0 Å². The van der Waals surface area contributed by atoms with Crippen molar-refractivity contribution in [3.8, 4) is 11.1 Å². The van der Waals surface area contributed by atoms with E-state index in [-0.39, 0.29) is 23.1 Å². The van der Waals surface area contributed by atoms with Crippen LogP contribution in [0.3, 0.4) is 0 Å². The predicted octanol–water partition coefficient (Wildman–Crippen LogP) is 6.34. The molecular weight excluding hydrogens is 401 g/mol. The van der Waals surface area contributed by atoms with Gasteiger partial charge in [-0.15, -0.1) is 0 Å². The maximum Gasteiger partial charge on any atom is 0.457 e. The first-order valence-corrected chi connectivity index (χ1v) is 7.85. The summed E-state index contributed by atoms with van der Waals surface area (Å²) in [7, 11) is 0. The molecule has 0 aliphatic carbocycles. The molecule has 1 heterocycles. The van der Waals surface area contributed by atoms with Gasteiger partial charge in [0.1, 0.15) is 0 Å². The number of aromatic nitrogens is 1. The smallest absolute Gasteiger partial charge is 0.264 e. The number of alkyl halides is 9. The SMILES string of the molecule is CCc1[c]c(C)cc(C(F)(C(F)(F)F)C(F)(F)C(F)(F)F)c1-c1cccnc1. The molecule has 1 atom stereocenters. The summed E-state index contributed by atoms with van der Waals surface area (Å²) in [5.41, 5.74) is -9.20. The van der Waals surface area contributed by atoms with E-state index in [2.05, 4.69) is 11.1 Å². The summed E-state index contributed by atoms with van der Waals surface area (Å²) in [5, 5.41) is 0. The Hall–Kier alpha value is -2.26. The van der Waals surface area contributed by atoms with Gasteiger partial charge in [-0.25, -0.2) is 4.39 Å². The van der Waals surface area contributed by atoms with Gasteiger partial charge in [-0.1, -0.05) is 19.1 Å². The topological polar surface area (TPSA) is 12.9 Å². The molecule has 0 saturated carbocycles. The number of benzene rings is 1. The number of pyridine rings is 1. The van der Waals surface area contributed by atoms with Gasteiger partial charge in [0.15, 0.2) is 0 Å². The van der Waals surface area contributed by atoms with E-state index in [0.29, 0.717) is 6.07 Å². The van der Waals surface area contributed by atoms with Gasteiger partial charge in [-0.05, 0) is 42.2 Å². The van der Waals surface area contributed by atoms with Gasteiger partial charge in [-0.2, -0.15) is 35.1 Å². The molecule has 2 rings (SSSR count). The Morgan fingerprint density at radius 2 is 1.57 bits per heavy atom. The summed E-state index contributed by atoms with van der Waals surface area (Å²) >= 11 is 0. The normalized spacial score (nSPS) is 15.4. The lowest BCUT2D eigenvalue weighted by Crippen LogP contribution is -2.60. The number of rotatable bonds is 4. The highest BCUT2D eigenvalue weighted by molar-refractivity contribution is 5.72. The van der Waals surface area contributed by atoms with Crippen molar-refractivity contribution in [1.82, 2.24) is 4.98 Å². The third-order valence-electron chi connectivity index (χ3n) is 4.13. The molecule has 0 N–H and O–H groups in total. The molecule has 1 nitrogen and oxygen atoms in total. The molecule has 0 fully saturated rings. The third kappa shape index (κ3) is 3.33. The van der Waals surface area contributed by atoms with E-state index in [4.69, 9.17) is 0 Å². The number of nitrogens with zero attached hydrogens (tertiary/aromatic N) is 1. The molecule has 28 heavy (non-hydrogen) atoms. The third-order valence-corrected chi connectivity index (χ3v) is 4.13. The van der Waals surface area contributed by atoms with E-state index in [9.17, 15) is 35.1 Å². The summed E-state index contributed by atoms with van der Waals surface area (Å²) in [4.78, 5) is 3.63. The Bertz CT molecular complexity index is 841. The molecule has 0 amide bonds. The van der Waals surface area contributed by atoms with Crippen LogP contribution in [0.5, 0.6) is 0 Å². The second kappa shape index (κ2) is 6.97. The van der Waals surface area contributed by atoms with Crippen molar-refractivity contribution in [3.63, 3.8) is 0 Å². The molecule has 1 aromatic heterocycles. The van der Waals surface area contributed by atoms with Gasteiger partial charge < -0.3 is 0 Å². The average molecular weight is 414 g/mol. The summed E-state index contributed by atoms with van der Waals surface area (Å²) in [6, 6.07) is 5.27. The molecule has 0 aliphatic heterocycles. The van der Waals surface area contributed by atoms with E-state index < -0.39 is 35.1 Å².